The zero-order valence-electron chi connectivity index (χ0n) is 19.8. The highest BCUT2D eigenvalue weighted by atomic mass is 32.1. The zero-order valence-corrected chi connectivity index (χ0v) is 20.7. The molecule has 1 aliphatic carbocycles. The summed E-state index contributed by atoms with van der Waals surface area (Å²) in [4.78, 5) is 29.9. The van der Waals surface area contributed by atoms with Crippen molar-refractivity contribution in [3.8, 4) is 6.07 Å². The molecule has 1 aliphatic heterocycles. The van der Waals surface area contributed by atoms with Crippen LogP contribution in [0.15, 0.2) is 34.1 Å². The van der Waals surface area contributed by atoms with E-state index in [-0.39, 0.29) is 23.6 Å². The second-order valence-electron chi connectivity index (χ2n) is 9.47. The largest absolute Gasteiger partial charge is 0.471 e. The smallest absolute Gasteiger partial charge is 0.270 e. The highest BCUT2D eigenvalue weighted by molar-refractivity contribution is 7.07. The summed E-state index contributed by atoms with van der Waals surface area (Å²) in [5.41, 5.74) is 1.02. The minimum atomic E-state index is -0.505. The number of ether oxygens (including phenoxy) is 1. The number of nitrogens with zero attached hydrogens (tertiary/aromatic N) is 3. The molecule has 2 heterocycles. The Labute approximate surface area is 202 Å². The number of hydrogen-bond donors (Lipinski definition) is 2. The van der Waals surface area contributed by atoms with Crippen LogP contribution in [0, 0.1) is 16.7 Å². The maximum Gasteiger partial charge on any atom is 0.270 e. The quantitative estimate of drug-likeness (QED) is 0.686. The average Bonchev–Trinajstić information content (AvgIpc) is 3.47. The number of fused-ring (bicyclic) bond motifs is 1. The van der Waals surface area contributed by atoms with Gasteiger partial charge < -0.3 is 15.4 Å². The molecule has 178 valence electrons. The van der Waals surface area contributed by atoms with Crippen molar-refractivity contribution in [3.63, 3.8) is 0 Å². The minimum absolute atomic E-state index is 0.0406. The van der Waals surface area contributed by atoms with E-state index in [9.17, 15) is 14.9 Å². The number of nitriles is 1. The van der Waals surface area contributed by atoms with E-state index in [0.717, 1.165) is 24.9 Å². The highest BCUT2D eigenvalue weighted by Gasteiger charge is 2.36. The molecular weight excluding hydrogens is 450 g/mol. The van der Waals surface area contributed by atoms with E-state index in [0.29, 0.717) is 32.9 Å². The first kappa shape index (κ1) is 23.8. The number of hydrogen-bond acceptors (Lipinski definition) is 7. The second-order valence-corrected chi connectivity index (χ2v) is 10.5. The molecule has 2 aromatic rings. The van der Waals surface area contributed by atoms with Gasteiger partial charge in [0.15, 0.2) is 0 Å². The predicted molar refractivity (Wildman–Crippen MR) is 135 cm³/mol. The van der Waals surface area contributed by atoms with Crippen LogP contribution in [-0.4, -0.2) is 28.5 Å². The Balaban J connectivity index is 1.66. The number of anilines is 2. The fourth-order valence-electron chi connectivity index (χ4n) is 3.97. The molecule has 0 saturated heterocycles. The van der Waals surface area contributed by atoms with E-state index in [4.69, 9.17) is 4.74 Å². The Kier molecular flexibility index (Phi) is 6.62. The van der Waals surface area contributed by atoms with Crippen molar-refractivity contribution in [2.24, 2.45) is 10.4 Å². The van der Waals surface area contributed by atoms with Gasteiger partial charge in [0.2, 0.25) is 11.8 Å². The fraction of sp³-hybridized carbons (Fsp3) is 0.440. The second kappa shape index (κ2) is 9.47. The number of nitrogens with one attached hydrogen (secondary N) is 2. The van der Waals surface area contributed by atoms with Crippen LogP contribution >= 0.6 is 11.3 Å². The summed E-state index contributed by atoms with van der Waals surface area (Å²) < 4.78 is 8.56. The summed E-state index contributed by atoms with van der Waals surface area (Å²) in [7, 11) is 0. The molecule has 2 aliphatic rings. The van der Waals surface area contributed by atoms with Crippen LogP contribution in [0.1, 0.15) is 47.0 Å². The number of aromatic nitrogens is 1. The van der Waals surface area contributed by atoms with Crippen molar-refractivity contribution in [1.82, 2.24) is 4.57 Å². The summed E-state index contributed by atoms with van der Waals surface area (Å²) in [5, 5.41) is 15.9. The molecule has 0 bridgehead atoms. The predicted octanol–water partition coefficient (Wildman–Crippen LogP) is 2.79. The molecule has 4 rings (SSSR count). The van der Waals surface area contributed by atoms with Crippen LogP contribution in [0.5, 0.6) is 0 Å². The van der Waals surface area contributed by atoms with E-state index in [1.54, 1.807) is 16.8 Å². The molecule has 1 amide bonds. The van der Waals surface area contributed by atoms with Gasteiger partial charge >= 0.3 is 0 Å². The molecule has 1 saturated carbocycles. The van der Waals surface area contributed by atoms with Gasteiger partial charge in [-0.25, -0.2) is 4.99 Å². The van der Waals surface area contributed by atoms with Gasteiger partial charge in [0.25, 0.3) is 5.56 Å². The monoisotopic (exact) mass is 479 g/mol. The standard InChI is InChI=1S/C25H29N5O3S/c1-5-30-22(31)20(14-27-15-8-6-9-16(12-15)28-24(32)25(2,3)4)34-23(30)17(13-26)21-29-18-10-7-11-19(18)33-21/h6,8-9,12,14,18-19,27H,5,7,10-11H2,1-4H3,(H,28,32)/b20-14+,23-17-/t18-,19+/m0/s1. The van der Waals surface area contributed by atoms with Crippen LogP contribution in [0.25, 0.3) is 11.8 Å². The van der Waals surface area contributed by atoms with E-state index >= 15 is 0 Å². The molecule has 0 radical (unpaired) electrons. The molecule has 9 heteroatoms. The maximum atomic E-state index is 13.0. The number of carbonyl (C=O) groups excluding carboxylic acids is 1. The molecular formula is C25H29N5O3S. The molecule has 2 atom stereocenters. The number of amides is 1. The number of thiazole rings is 1. The van der Waals surface area contributed by atoms with Crippen molar-refractivity contribution in [3.05, 3.63) is 43.8 Å². The first-order valence-corrected chi connectivity index (χ1v) is 12.3. The summed E-state index contributed by atoms with van der Waals surface area (Å²) in [5.74, 6) is 0.269. The Bertz CT molecular complexity index is 1360. The SMILES string of the molecule is CCn1c(=O)/c(=C\Nc2cccc(NC(=O)C(C)(C)C)c2)s/c1=C(/C#N)C1=N[C@H]2CCC[C@H]2O1. The molecule has 0 spiro atoms. The van der Waals surface area contributed by atoms with Gasteiger partial charge in [-0.3, -0.25) is 14.2 Å². The molecule has 1 aromatic carbocycles. The lowest BCUT2D eigenvalue weighted by Crippen LogP contribution is -2.32. The van der Waals surface area contributed by atoms with Gasteiger partial charge in [-0.05, 0) is 44.4 Å². The topological polar surface area (TPSA) is 109 Å². The summed E-state index contributed by atoms with van der Waals surface area (Å²) in [6.45, 7) is 7.86. The van der Waals surface area contributed by atoms with Crippen LogP contribution in [0.4, 0.5) is 11.4 Å². The lowest BCUT2D eigenvalue weighted by atomic mass is 9.95. The Morgan fingerprint density at radius 3 is 2.79 bits per heavy atom. The van der Waals surface area contributed by atoms with Crippen molar-refractivity contribution in [2.45, 2.75) is 65.6 Å². The molecule has 1 aromatic heterocycles. The third kappa shape index (κ3) is 4.77. The third-order valence-electron chi connectivity index (χ3n) is 5.90. The van der Waals surface area contributed by atoms with Crippen molar-refractivity contribution < 1.29 is 9.53 Å². The summed E-state index contributed by atoms with van der Waals surface area (Å²) in [6, 6.07) is 9.62. The minimum Gasteiger partial charge on any atom is -0.471 e. The Morgan fingerprint density at radius 2 is 2.12 bits per heavy atom. The number of rotatable bonds is 5. The number of carbonyl (C=O) groups is 1. The lowest BCUT2D eigenvalue weighted by Gasteiger charge is -2.18. The lowest BCUT2D eigenvalue weighted by molar-refractivity contribution is -0.123. The van der Waals surface area contributed by atoms with Crippen LogP contribution < -0.4 is 25.4 Å². The van der Waals surface area contributed by atoms with E-state index in [1.165, 1.54) is 11.3 Å². The van der Waals surface area contributed by atoms with Crippen molar-refractivity contribution in [2.75, 3.05) is 10.6 Å². The Morgan fingerprint density at radius 1 is 1.35 bits per heavy atom. The van der Waals surface area contributed by atoms with E-state index in [1.807, 2.05) is 45.9 Å². The fourth-order valence-corrected chi connectivity index (χ4v) is 5.05. The molecule has 2 N–H and O–H groups in total. The molecule has 0 unspecified atom stereocenters. The van der Waals surface area contributed by atoms with Gasteiger partial charge in [0.1, 0.15) is 26.9 Å². The van der Waals surface area contributed by atoms with Crippen LogP contribution in [0.3, 0.4) is 0 Å². The van der Waals surface area contributed by atoms with E-state index < -0.39 is 5.41 Å². The van der Waals surface area contributed by atoms with Gasteiger partial charge in [-0.15, -0.1) is 11.3 Å². The maximum absolute atomic E-state index is 13.0. The first-order chi connectivity index (χ1) is 16.2. The summed E-state index contributed by atoms with van der Waals surface area (Å²) >= 11 is 1.24. The summed E-state index contributed by atoms with van der Waals surface area (Å²) in [6.07, 6.45) is 4.67. The highest BCUT2D eigenvalue weighted by Crippen LogP contribution is 2.31. The van der Waals surface area contributed by atoms with Gasteiger partial charge in [0.05, 0.1) is 6.04 Å². The van der Waals surface area contributed by atoms with E-state index in [2.05, 4.69) is 21.7 Å². The third-order valence-corrected chi connectivity index (χ3v) is 7.03. The van der Waals surface area contributed by atoms with Crippen molar-refractivity contribution in [1.29, 1.82) is 5.26 Å². The zero-order chi connectivity index (χ0) is 24.5. The first-order valence-electron chi connectivity index (χ1n) is 11.5. The molecule has 8 nitrogen and oxygen atoms in total. The van der Waals surface area contributed by atoms with Gasteiger partial charge in [-0.1, -0.05) is 26.8 Å². The Hall–Kier alpha value is -3.38. The number of aliphatic imine (C=N–C) groups is 1. The number of benzene rings is 1. The van der Waals surface area contributed by atoms with Crippen LogP contribution in [0.2, 0.25) is 0 Å². The average molecular weight is 480 g/mol. The van der Waals surface area contributed by atoms with Gasteiger partial charge in [0, 0.05) is 29.5 Å². The molecule has 34 heavy (non-hydrogen) atoms. The molecule has 1 fully saturated rings. The normalized spacial score (nSPS) is 20.8. The van der Waals surface area contributed by atoms with Crippen molar-refractivity contribution >= 4 is 46.3 Å². The van der Waals surface area contributed by atoms with Crippen LogP contribution in [-0.2, 0) is 16.1 Å². The van der Waals surface area contributed by atoms with Gasteiger partial charge in [-0.2, -0.15) is 5.26 Å².